The van der Waals surface area contributed by atoms with E-state index in [1.165, 1.54) is 4.57 Å². The van der Waals surface area contributed by atoms with Gasteiger partial charge >= 0.3 is 6.03 Å². The summed E-state index contributed by atoms with van der Waals surface area (Å²) in [5.41, 5.74) is 1.53. The van der Waals surface area contributed by atoms with Crippen LogP contribution in [0.15, 0.2) is 105 Å². The molecule has 7 nitrogen and oxygen atoms in total. The number of furan rings is 1. The number of para-hydroxylation sites is 1. The zero-order valence-electron chi connectivity index (χ0n) is 19.8. The summed E-state index contributed by atoms with van der Waals surface area (Å²) >= 11 is 9.56. The van der Waals surface area contributed by atoms with E-state index in [2.05, 4.69) is 21.2 Å². The fourth-order valence-electron chi connectivity index (χ4n) is 4.13. The van der Waals surface area contributed by atoms with Crippen LogP contribution in [0.4, 0.5) is 10.5 Å². The number of carbonyl (C=O) groups is 1. The Kier molecular flexibility index (Phi) is 7.12. The summed E-state index contributed by atoms with van der Waals surface area (Å²) in [5.74, 6) is 0.999. The Morgan fingerprint density at radius 2 is 1.86 bits per heavy atom. The maximum atomic E-state index is 13.7. The zero-order chi connectivity index (χ0) is 25.9. The van der Waals surface area contributed by atoms with E-state index in [9.17, 15) is 9.59 Å². The van der Waals surface area contributed by atoms with Gasteiger partial charge in [0.15, 0.2) is 0 Å². The second-order valence-electron chi connectivity index (χ2n) is 8.43. The van der Waals surface area contributed by atoms with Crippen molar-refractivity contribution in [3.05, 3.63) is 123 Å². The largest absolute Gasteiger partial charge is 0.467 e. The van der Waals surface area contributed by atoms with E-state index in [0.29, 0.717) is 38.9 Å². The van der Waals surface area contributed by atoms with Gasteiger partial charge in [0.2, 0.25) is 0 Å². The van der Waals surface area contributed by atoms with Gasteiger partial charge in [-0.3, -0.25) is 9.36 Å². The maximum Gasteiger partial charge on any atom is 0.322 e. The van der Waals surface area contributed by atoms with Crippen LogP contribution in [0.5, 0.6) is 0 Å². The molecule has 0 saturated carbocycles. The number of halogens is 2. The molecule has 0 aliphatic carbocycles. The van der Waals surface area contributed by atoms with Crippen molar-refractivity contribution in [1.82, 2.24) is 14.5 Å². The second-order valence-corrected chi connectivity index (χ2v) is 9.78. The molecule has 0 fully saturated rings. The average Bonchev–Trinajstić information content (AvgIpc) is 3.41. The third-order valence-electron chi connectivity index (χ3n) is 5.97. The van der Waals surface area contributed by atoms with Crippen molar-refractivity contribution in [3.8, 4) is 5.69 Å². The number of carbonyl (C=O) groups excluding carboxylic acids is 1. The molecule has 2 aromatic heterocycles. The first-order valence-electron chi connectivity index (χ1n) is 11.5. The molecule has 186 valence electrons. The number of nitrogens with zero attached hydrogens (tertiary/aromatic N) is 3. The molecule has 0 radical (unpaired) electrons. The van der Waals surface area contributed by atoms with E-state index in [0.717, 1.165) is 4.47 Å². The molecule has 1 N–H and O–H groups in total. The number of benzene rings is 3. The molecule has 2 heterocycles. The molecular formula is C28H22BrClN4O3. The molecule has 1 atom stereocenters. The number of hydrogen-bond acceptors (Lipinski definition) is 4. The van der Waals surface area contributed by atoms with Crippen LogP contribution in [0.2, 0.25) is 5.02 Å². The van der Waals surface area contributed by atoms with Crippen LogP contribution in [-0.4, -0.2) is 20.5 Å². The van der Waals surface area contributed by atoms with Crippen molar-refractivity contribution < 1.29 is 9.21 Å². The number of amides is 2. The van der Waals surface area contributed by atoms with Crippen LogP contribution in [0.1, 0.15) is 24.6 Å². The van der Waals surface area contributed by atoms with Crippen LogP contribution >= 0.6 is 27.5 Å². The first-order valence-corrected chi connectivity index (χ1v) is 12.7. The standard InChI is InChI=1S/C28H22BrClN4O3/c1-18(33(17-23-8-5-15-37-23)28(36)31-21-7-4-6-19(29)16-21)26-32-25-10-3-2-9-24(25)27(35)34(26)22-13-11-20(30)12-14-22/h2-16,18H,17H2,1H3,(H,31,36). The van der Waals surface area contributed by atoms with Gasteiger partial charge in [-0.2, -0.15) is 0 Å². The Morgan fingerprint density at radius 1 is 1.08 bits per heavy atom. The highest BCUT2D eigenvalue weighted by molar-refractivity contribution is 9.10. The number of anilines is 1. The molecule has 37 heavy (non-hydrogen) atoms. The Bertz CT molecular complexity index is 1620. The summed E-state index contributed by atoms with van der Waals surface area (Å²) in [6.45, 7) is 2.00. The average molecular weight is 578 g/mol. The molecule has 1 unspecified atom stereocenters. The number of hydrogen-bond donors (Lipinski definition) is 1. The molecule has 2 amide bonds. The number of nitrogens with one attached hydrogen (secondary N) is 1. The van der Waals surface area contributed by atoms with E-state index < -0.39 is 6.04 Å². The summed E-state index contributed by atoms with van der Waals surface area (Å²) in [6, 6.07) is 24.0. The third kappa shape index (κ3) is 5.30. The summed E-state index contributed by atoms with van der Waals surface area (Å²) in [6.07, 6.45) is 1.56. The first-order chi connectivity index (χ1) is 17.9. The minimum Gasteiger partial charge on any atom is -0.467 e. The Hall–Kier alpha value is -3.88. The van der Waals surface area contributed by atoms with Crippen molar-refractivity contribution in [3.63, 3.8) is 0 Å². The van der Waals surface area contributed by atoms with E-state index in [1.54, 1.807) is 71.8 Å². The fraction of sp³-hybridized carbons (Fsp3) is 0.107. The highest BCUT2D eigenvalue weighted by atomic mass is 79.9. The van der Waals surface area contributed by atoms with Crippen LogP contribution in [-0.2, 0) is 6.54 Å². The quantitative estimate of drug-likeness (QED) is 0.232. The van der Waals surface area contributed by atoms with Crippen molar-refractivity contribution >= 4 is 50.2 Å². The highest BCUT2D eigenvalue weighted by Crippen LogP contribution is 2.26. The van der Waals surface area contributed by atoms with Gasteiger partial charge in [0.25, 0.3) is 5.56 Å². The summed E-state index contributed by atoms with van der Waals surface area (Å²) in [4.78, 5) is 33.8. The maximum absolute atomic E-state index is 13.7. The van der Waals surface area contributed by atoms with Crippen LogP contribution < -0.4 is 10.9 Å². The summed E-state index contributed by atoms with van der Waals surface area (Å²) in [7, 11) is 0. The first kappa shape index (κ1) is 24.8. The van der Waals surface area contributed by atoms with Gasteiger partial charge in [-0.25, -0.2) is 9.78 Å². The molecular weight excluding hydrogens is 556 g/mol. The zero-order valence-corrected chi connectivity index (χ0v) is 22.1. The molecule has 0 aliphatic heterocycles. The van der Waals surface area contributed by atoms with E-state index in [-0.39, 0.29) is 18.1 Å². The van der Waals surface area contributed by atoms with Gasteiger partial charge < -0.3 is 14.6 Å². The molecule has 0 spiro atoms. The van der Waals surface area contributed by atoms with Crippen LogP contribution in [0.25, 0.3) is 16.6 Å². The predicted octanol–water partition coefficient (Wildman–Crippen LogP) is 7.19. The Balaban J connectivity index is 1.63. The molecule has 0 bridgehead atoms. The Morgan fingerprint density at radius 3 is 2.59 bits per heavy atom. The highest BCUT2D eigenvalue weighted by Gasteiger charge is 2.28. The van der Waals surface area contributed by atoms with Crippen molar-refractivity contribution in [2.75, 3.05) is 5.32 Å². The van der Waals surface area contributed by atoms with Gasteiger partial charge in [-0.1, -0.05) is 45.7 Å². The molecule has 5 rings (SSSR count). The van der Waals surface area contributed by atoms with E-state index in [4.69, 9.17) is 21.0 Å². The van der Waals surface area contributed by atoms with Gasteiger partial charge in [0, 0.05) is 15.2 Å². The number of rotatable bonds is 6. The van der Waals surface area contributed by atoms with Crippen molar-refractivity contribution in [1.29, 1.82) is 0 Å². The molecule has 5 aromatic rings. The van der Waals surface area contributed by atoms with E-state index >= 15 is 0 Å². The SMILES string of the molecule is CC(c1nc2ccccc2c(=O)n1-c1ccc(Cl)cc1)N(Cc1ccco1)C(=O)Nc1cccc(Br)c1. The van der Waals surface area contributed by atoms with Gasteiger partial charge in [0.1, 0.15) is 11.6 Å². The minimum absolute atomic E-state index is 0.164. The normalized spacial score (nSPS) is 11.9. The predicted molar refractivity (Wildman–Crippen MR) is 148 cm³/mol. The van der Waals surface area contributed by atoms with E-state index in [1.807, 2.05) is 31.2 Å². The second kappa shape index (κ2) is 10.6. The molecule has 3 aromatic carbocycles. The molecule has 9 heteroatoms. The number of aromatic nitrogens is 2. The lowest BCUT2D eigenvalue weighted by Gasteiger charge is -2.30. The lowest BCUT2D eigenvalue weighted by Crippen LogP contribution is -2.39. The third-order valence-corrected chi connectivity index (χ3v) is 6.72. The lowest BCUT2D eigenvalue weighted by atomic mass is 10.2. The summed E-state index contributed by atoms with van der Waals surface area (Å²) < 4.78 is 7.93. The lowest BCUT2D eigenvalue weighted by molar-refractivity contribution is 0.179. The number of fused-ring (bicyclic) bond motifs is 1. The van der Waals surface area contributed by atoms with Gasteiger partial charge in [-0.15, -0.1) is 0 Å². The van der Waals surface area contributed by atoms with Gasteiger partial charge in [0.05, 0.1) is 35.4 Å². The van der Waals surface area contributed by atoms with Crippen LogP contribution in [0.3, 0.4) is 0 Å². The smallest absolute Gasteiger partial charge is 0.322 e. The molecule has 0 saturated heterocycles. The van der Waals surface area contributed by atoms with Crippen molar-refractivity contribution in [2.24, 2.45) is 0 Å². The van der Waals surface area contributed by atoms with Crippen molar-refractivity contribution in [2.45, 2.75) is 19.5 Å². The number of urea groups is 1. The van der Waals surface area contributed by atoms with Crippen LogP contribution in [0, 0.1) is 0 Å². The summed E-state index contributed by atoms with van der Waals surface area (Å²) in [5, 5.41) is 3.97. The topological polar surface area (TPSA) is 80.4 Å². The molecule has 0 aliphatic rings. The fourth-order valence-corrected chi connectivity index (χ4v) is 4.65. The Labute approximate surface area is 226 Å². The minimum atomic E-state index is -0.620. The monoisotopic (exact) mass is 576 g/mol. The van der Waals surface area contributed by atoms with Gasteiger partial charge in [-0.05, 0) is 73.7 Å².